The fourth-order valence-electron chi connectivity index (χ4n) is 3.45. The van der Waals surface area contributed by atoms with Crippen LogP contribution in [-0.4, -0.2) is 23.9 Å². The number of fused-ring (bicyclic) bond motifs is 1. The van der Waals surface area contributed by atoms with E-state index in [1.165, 1.54) is 4.88 Å². The van der Waals surface area contributed by atoms with E-state index < -0.39 is 0 Å². The summed E-state index contributed by atoms with van der Waals surface area (Å²) < 4.78 is 5.30. The monoisotopic (exact) mass is 420 g/mol. The quantitative estimate of drug-likeness (QED) is 0.637. The van der Waals surface area contributed by atoms with E-state index in [0.717, 1.165) is 23.3 Å². The molecule has 0 aliphatic carbocycles. The summed E-state index contributed by atoms with van der Waals surface area (Å²) in [5, 5.41) is 6.40. The van der Waals surface area contributed by atoms with Crippen molar-refractivity contribution in [2.45, 2.75) is 19.0 Å². The second kappa shape index (κ2) is 8.07. The molecule has 1 aliphatic heterocycles. The fraction of sp³-hybridized carbons (Fsp3) is 0.250. The Morgan fingerprint density at radius 2 is 2.15 bits per heavy atom. The molecule has 0 radical (unpaired) electrons. The molecule has 3 aromatic rings. The van der Waals surface area contributed by atoms with Crippen LogP contribution in [0.1, 0.15) is 27.8 Å². The Morgan fingerprint density at radius 1 is 1.26 bits per heavy atom. The van der Waals surface area contributed by atoms with E-state index in [-0.39, 0.29) is 18.5 Å². The average Bonchev–Trinajstić information content (AvgIpc) is 3.32. The lowest BCUT2D eigenvalue weighted by molar-refractivity contribution is -0.132. The first kappa shape index (κ1) is 18.6. The Kier molecular flexibility index (Phi) is 5.55. The molecule has 27 heavy (non-hydrogen) atoms. The van der Waals surface area contributed by atoms with Crippen LogP contribution in [0.3, 0.4) is 0 Å². The van der Waals surface area contributed by atoms with Crippen molar-refractivity contribution in [1.82, 2.24) is 10.2 Å². The number of halogens is 2. The van der Waals surface area contributed by atoms with Gasteiger partial charge in [-0.05, 0) is 53.3 Å². The SMILES string of the molecule is O=C(CNCc1ccco1)N1CCc2sccc2C1c1ccc(Cl)cc1Cl. The minimum atomic E-state index is -0.192. The number of amides is 1. The molecule has 1 amide bonds. The van der Waals surface area contributed by atoms with Gasteiger partial charge in [0, 0.05) is 21.5 Å². The van der Waals surface area contributed by atoms with Gasteiger partial charge in [-0.2, -0.15) is 0 Å². The number of hydrogen-bond acceptors (Lipinski definition) is 4. The topological polar surface area (TPSA) is 45.5 Å². The summed E-state index contributed by atoms with van der Waals surface area (Å²) in [4.78, 5) is 16.2. The molecule has 140 valence electrons. The van der Waals surface area contributed by atoms with E-state index in [4.69, 9.17) is 27.6 Å². The van der Waals surface area contributed by atoms with Gasteiger partial charge >= 0.3 is 0 Å². The largest absolute Gasteiger partial charge is 0.468 e. The normalized spacial score (nSPS) is 16.4. The number of furan rings is 1. The number of thiophene rings is 1. The first-order valence-electron chi connectivity index (χ1n) is 8.67. The number of carbonyl (C=O) groups excluding carboxylic acids is 1. The predicted molar refractivity (Wildman–Crippen MR) is 108 cm³/mol. The zero-order valence-corrected chi connectivity index (χ0v) is 16.8. The van der Waals surface area contributed by atoms with Gasteiger partial charge in [-0.1, -0.05) is 29.3 Å². The van der Waals surface area contributed by atoms with E-state index in [9.17, 15) is 4.79 Å². The summed E-state index contributed by atoms with van der Waals surface area (Å²) in [7, 11) is 0. The van der Waals surface area contributed by atoms with E-state index >= 15 is 0 Å². The summed E-state index contributed by atoms with van der Waals surface area (Å²) in [6.07, 6.45) is 2.48. The van der Waals surface area contributed by atoms with Crippen molar-refractivity contribution in [3.63, 3.8) is 0 Å². The molecule has 4 nitrogen and oxygen atoms in total. The number of rotatable bonds is 5. The van der Waals surface area contributed by atoms with Crippen molar-refractivity contribution in [2.24, 2.45) is 0 Å². The molecule has 0 saturated carbocycles. The van der Waals surface area contributed by atoms with E-state index in [1.807, 2.05) is 29.2 Å². The molecule has 2 aromatic heterocycles. The van der Waals surface area contributed by atoms with Crippen molar-refractivity contribution in [2.75, 3.05) is 13.1 Å². The molecule has 4 rings (SSSR count). The number of nitrogens with zero attached hydrogens (tertiary/aromatic N) is 1. The number of carbonyl (C=O) groups is 1. The third kappa shape index (κ3) is 3.92. The summed E-state index contributed by atoms with van der Waals surface area (Å²) in [5.74, 6) is 0.841. The number of nitrogens with one attached hydrogen (secondary N) is 1. The van der Waals surface area contributed by atoms with Crippen LogP contribution in [-0.2, 0) is 17.8 Å². The standard InChI is InChI=1S/C20H18Cl2N2O2S/c21-13-3-4-15(17(22)10-13)20-16-6-9-27-18(16)5-7-24(20)19(25)12-23-11-14-2-1-8-26-14/h1-4,6,8-10,20,23H,5,7,11-12H2. The zero-order chi connectivity index (χ0) is 18.8. The molecule has 1 aromatic carbocycles. The van der Waals surface area contributed by atoms with Crippen molar-refractivity contribution in [3.8, 4) is 0 Å². The maximum atomic E-state index is 13.0. The van der Waals surface area contributed by atoms with Crippen LogP contribution in [0.25, 0.3) is 0 Å². The molecule has 0 saturated heterocycles. The van der Waals surface area contributed by atoms with E-state index in [0.29, 0.717) is 23.1 Å². The molecule has 1 aliphatic rings. The van der Waals surface area contributed by atoms with Crippen LogP contribution in [0.2, 0.25) is 10.0 Å². The minimum Gasteiger partial charge on any atom is -0.468 e. The predicted octanol–water partition coefficient (Wildman–Crippen LogP) is 4.91. The van der Waals surface area contributed by atoms with Gasteiger partial charge in [0.25, 0.3) is 0 Å². The maximum Gasteiger partial charge on any atom is 0.237 e. The lowest BCUT2D eigenvalue weighted by Crippen LogP contribution is -2.44. The van der Waals surface area contributed by atoms with Gasteiger partial charge in [-0.15, -0.1) is 11.3 Å². The molecule has 0 bridgehead atoms. The Bertz CT molecular complexity index is 939. The van der Waals surface area contributed by atoms with Gasteiger partial charge in [-0.25, -0.2) is 0 Å². The molecule has 1 unspecified atom stereocenters. The molecule has 0 fully saturated rings. The van der Waals surface area contributed by atoms with Gasteiger partial charge in [0.1, 0.15) is 5.76 Å². The third-order valence-corrected chi connectivity index (χ3v) is 6.26. The van der Waals surface area contributed by atoms with Crippen molar-refractivity contribution < 1.29 is 9.21 Å². The average molecular weight is 421 g/mol. The van der Waals surface area contributed by atoms with Gasteiger partial charge < -0.3 is 14.6 Å². The van der Waals surface area contributed by atoms with Gasteiger partial charge in [0.15, 0.2) is 0 Å². The van der Waals surface area contributed by atoms with Gasteiger partial charge in [-0.3, -0.25) is 4.79 Å². The number of hydrogen-bond donors (Lipinski definition) is 1. The molecule has 0 spiro atoms. The van der Waals surface area contributed by atoms with Crippen LogP contribution in [0.5, 0.6) is 0 Å². The van der Waals surface area contributed by atoms with Crippen LogP contribution in [0.15, 0.2) is 52.5 Å². The highest BCUT2D eigenvalue weighted by atomic mass is 35.5. The Hall–Kier alpha value is -1.79. The molecule has 1 N–H and O–H groups in total. The second-order valence-corrected chi connectivity index (χ2v) is 8.23. The van der Waals surface area contributed by atoms with Crippen molar-refractivity contribution in [3.05, 3.63) is 79.9 Å². The highest BCUT2D eigenvalue weighted by Crippen LogP contribution is 2.40. The highest BCUT2D eigenvalue weighted by Gasteiger charge is 2.33. The van der Waals surface area contributed by atoms with E-state index in [2.05, 4.69) is 16.8 Å². The molecular formula is C20H18Cl2N2O2S. The highest BCUT2D eigenvalue weighted by molar-refractivity contribution is 7.10. The molecule has 7 heteroatoms. The van der Waals surface area contributed by atoms with Gasteiger partial charge in [0.2, 0.25) is 5.91 Å². The van der Waals surface area contributed by atoms with E-state index in [1.54, 1.807) is 23.7 Å². The molecule has 3 heterocycles. The minimum absolute atomic E-state index is 0.0365. The van der Waals surface area contributed by atoms with Crippen LogP contribution in [0.4, 0.5) is 0 Å². The second-order valence-electron chi connectivity index (χ2n) is 6.39. The lowest BCUT2D eigenvalue weighted by atomic mass is 9.93. The summed E-state index contributed by atoms with van der Waals surface area (Å²) in [6, 6.07) is 11.1. The van der Waals surface area contributed by atoms with Crippen LogP contribution < -0.4 is 5.32 Å². The van der Waals surface area contributed by atoms with Crippen molar-refractivity contribution >= 4 is 40.4 Å². The molecular weight excluding hydrogens is 403 g/mol. The smallest absolute Gasteiger partial charge is 0.237 e. The maximum absolute atomic E-state index is 13.0. The number of benzene rings is 1. The first-order valence-corrected chi connectivity index (χ1v) is 10.3. The Morgan fingerprint density at radius 3 is 2.93 bits per heavy atom. The first-order chi connectivity index (χ1) is 13.1. The Balaban J connectivity index is 1.57. The Labute approximate surface area is 171 Å². The summed E-state index contributed by atoms with van der Waals surface area (Å²) >= 11 is 14.3. The zero-order valence-electron chi connectivity index (χ0n) is 14.5. The van der Waals surface area contributed by atoms with Crippen molar-refractivity contribution in [1.29, 1.82) is 0 Å². The molecule has 1 atom stereocenters. The lowest BCUT2D eigenvalue weighted by Gasteiger charge is -2.37. The summed E-state index contributed by atoms with van der Waals surface area (Å²) in [6.45, 7) is 1.42. The third-order valence-electron chi connectivity index (χ3n) is 4.70. The summed E-state index contributed by atoms with van der Waals surface area (Å²) in [5.41, 5.74) is 2.05. The van der Waals surface area contributed by atoms with Crippen LogP contribution in [0, 0.1) is 0 Å². The fourth-order valence-corrected chi connectivity index (χ4v) is 4.87. The van der Waals surface area contributed by atoms with Gasteiger partial charge in [0.05, 0.1) is 25.4 Å². The van der Waals surface area contributed by atoms with Crippen LogP contribution >= 0.6 is 34.5 Å².